The number of carbonyl (C=O) groups is 1. The molecule has 10 fully saturated rings. The van der Waals surface area contributed by atoms with Gasteiger partial charge in [-0.1, -0.05) is 19.9 Å². The van der Waals surface area contributed by atoms with Crippen molar-refractivity contribution in [3.63, 3.8) is 0 Å². The molecule has 0 aromatic rings. The average Bonchev–Trinajstić information content (AvgIpc) is 1.42. The van der Waals surface area contributed by atoms with Gasteiger partial charge < -0.3 is 154 Å². The first-order chi connectivity index (χ1) is 41.6. The molecule has 0 aromatic heterocycles. The molecule has 0 amide bonds. The smallest absolute Gasteiger partial charge is 0.314 e. The Morgan fingerprint density at radius 3 is 1.50 bits per heavy atom. The third-order valence-electron chi connectivity index (χ3n) is 21.2. The van der Waals surface area contributed by atoms with E-state index in [1.807, 2.05) is 6.92 Å². The van der Waals surface area contributed by atoms with Crippen molar-refractivity contribution < 1.29 is 159 Å². The summed E-state index contributed by atoms with van der Waals surface area (Å²) in [6.07, 6.45) is -46.6. The lowest BCUT2D eigenvalue weighted by molar-refractivity contribution is -0.401. The molecule has 0 aromatic carbocycles. The molecule has 2 bridgehead atoms. The van der Waals surface area contributed by atoms with Gasteiger partial charge in [0, 0.05) is 6.42 Å². The van der Waals surface area contributed by atoms with Crippen LogP contribution in [-0.4, -0.2) is 326 Å². The summed E-state index contributed by atoms with van der Waals surface area (Å²) in [5.74, 6) is -1.04. The summed E-state index contributed by atoms with van der Waals surface area (Å²) in [6, 6.07) is 0. The molecule has 1 spiro atoms. The third-order valence-corrected chi connectivity index (χ3v) is 21.2. The van der Waals surface area contributed by atoms with E-state index in [9.17, 15) is 102 Å². The molecule has 32 heteroatoms. The maximum atomic E-state index is 15.0. The van der Waals surface area contributed by atoms with Gasteiger partial charge in [-0.05, 0) is 86.5 Å². The van der Waals surface area contributed by atoms with Crippen LogP contribution in [0.3, 0.4) is 0 Å². The predicted molar refractivity (Wildman–Crippen MR) is 283 cm³/mol. The zero-order chi connectivity index (χ0) is 63.9. The lowest BCUT2D eigenvalue weighted by atomic mass is 9.41. The monoisotopic (exact) mass is 1270 g/mol. The fourth-order valence-electron chi connectivity index (χ4n) is 16.3. The minimum atomic E-state index is -2.12. The summed E-state index contributed by atoms with van der Waals surface area (Å²) in [6.45, 7) is 3.76. The van der Waals surface area contributed by atoms with E-state index in [2.05, 4.69) is 13.5 Å². The highest BCUT2D eigenvalue weighted by molar-refractivity contribution is 5.77. The molecule has 506 valence electrons. The van der Waals surface area contributed by atoms with E-state index in [0.717, 1.165) is 0 Å². The lowest BCUT2D eigenvalue weighted by Gasteiger charge is -2.64. The van der Waals surface area contributed by atoms with Gasteiger partial charge in [0.1, 0.15) is 134 Å². The van der Waals surface area contributed by atoms with Gasteiger partial charge in [0.2, 0.25) is 6.29 Å². The molecule has 88 heavy (non-hydrogen) atoms. The fourth-order valence-corrected chi connectivity index (χ4v) is 16.3. The van der Waals surface area contributed by atoms with E-state index >= 15 is 0 Å². The van der Waals surface area contributed by atoms with Crippen molar-refractivity contribution >= 4 is 5.97 Å². The molecule has 6 aliphatic heterocycles. The highest BCUT2D eigenvalue weighted by Crippen LogP contribution is 2.74. The van der Waals surface area contributed by atoms with Gasteiger partial charge in [-0.3, -0.25) is 4.79 Å². The quantitative estimate of drug-likeness (QED) is 0.0344. The van der Waals surface area contributed by atoms with Gasteiger partial charge >= 0.3 is 5.97 Å². The Morgan fingerprint density at radius 2 is 0.943 bits per heavy atom. The van der Waals surface area contributed by atoms with Crippen molar-refractivity contribution in [1.82, 2.24) is 0 Å². The molecule has 32 nitrogen and oxygen atoms in total. The van der Waals surface area contributed by atoms with Gasteiger partial charge in [-0.2, -0.15) is 0 Å². The van der Waals surface area contributed by atoms with Crippen LogP contribution >= 0.6 is 0 Å². The van der Waals surface area contributed by atoms with Gasteiger partial charge in [-0.15, -0.1) is 0 Å². The van der Waals surface area contributed by atoms with Gasteiger partial charge in [0.15, 0.2) is 31.5 Å². The summed E-state index contributed by atoms with van der Waals surface area (Å²) < 4.78 is 72.4. The summed E-state index contributed by atoms with van der Waals surface area (Å²) in [5.41, 5.74) is -2.86. The van der Waals surface area contributed by atoms with E-state index in [0.29, 0.717) is 56.9 Å². The average molecular weight is 1280 g/mol. The molecule has 19 N–H and O–H groups in total. The van der Waals surface area contributed by atoms with Crippen LogP contribution < -0.4 is 0 Å². The summed E-state index contributed by atoms with van der Waals surface area (Å²) in [4.78, 5) is 15.0. The second-order valence-corrected chi connectivity index (χ2v) is 26.4. The first-order valence-corrected chi connectivity index (χ1v) is 30.3. The maximum Gasteiger partial charge on any atom is 0.314 e. The molecule has 30 unspecified atom stereocenters. The highest BCUT2D eigenvalue weighted by atomic mass is 16.8. The number of carbonyl (C=O) groups excluding carboxylic acids is 1. The van der Waals surface area contributed by atoms with E-state index < -0.39 is 246 Å². The molecule has 35 atom stereocenters. The van der Waals surface area contributed by atoms with Gasteiger partial charge in [0.05, 0.1) is 56.8 Å². The van der Waals surface area contributed by atoms with Crippen molar-refractivity contribution in [2.45, 2.75) is 262 Å². The second-order valence-electron chi connectivity index (χ2n) is 26.4. The van der Waals surface area contributed by atoms with Crippen LogP contribution in [-0.2, 0) is 61.6 Å². The van der Waals surface area contributed by atoms with Crippen molar-refractivity contribution in [1.29, 1.82) is 0 Å². The number of aliphatic hydroxyl groups is 19. The molecular weight excluding hydrogens is 1180 g/mol. The number of fused-ring (bicyclic) bond motifs is 3. The van der Waals surface area contributed by atoms with Crippen molar-refractivity contribution in [3.8, 4) is 0 Å². The van der Waals surface area contributed by atoms with E-state index in [1.165, 1.54) is 0 Å². The Bertz CT molecular complexity index is 2360. The summed E-state index contributed by atoms with van der Waals surface area (Å²) >= 11 is 0. The summed E-state index contributed by atoms with van der Waals surface area (Å²) in [5, 5.41) is 203. The van der Waals surface area contributed by atoms with E-state index in [4.69, 9.17) is 56.8 Å². The number of ether oxygens (including phenoxy) is 12. The zero-order valence-corrected chi connectivity index (χ0v) is 48.7. The maximum absolute atomic E-state index is 15.0. The fraction of sp³-hybridized carbons (Fsp3) is 0.946. The molecule has 4 aliphatic carbocycles. The standard InChI is InChI=1S/C56H90O32/c1-20-12-55-9-5-29-53(2,7-4-8-54(29,3)52(76)87-46-22(11-21(62)23(13-57)79-46)78-48-41(73)37(69)32(64)25(15-59)81-48)30(55)6-10-56(20,19-55)88-51-45(86-49-42(74)38(70)33(65)26(16-60)82-49)44(35(67)27(17-61)83-51)85-50-43(75)39(71)34(66)28(84-50)18-77-47-40(72)36(68)31(63)24(14-58)80-47/h21-51,57-75H,1,4-19H2,2-3H3/t21?,22?,23?,24?,25?,26?,27?,28?,29?,30-,31?,32?,33?,34?,35?,36?,37?,38?,39?,40?,41?,42?,43?,44?,45?,46?,47?,48?,49?,50?,51?,53+,54+,55+,56-/m0/s1. The number of hydrogen-bond donors (Lipinski definition) is 19. The number of esters is 1. The van der Waals surface area contributed by atoms with Crippen molar-refractivity contribution in [2.75, 3.05) is 39.6 Å². The van der Waals surface area contributed by atoms with Crippen LogP contribution in [0, 0.1) is 28.1 Å². The first-order valence-electron chi connectivity index (χ1n) is 30.3. The number of hydrogen-bond acceptors (Lipinski definition) is 32. The number of aliphatic hydroxyl groups excluding tert-OH is 19. The zero-order valence-electron chi connectivity index (χ0n) is 48.7. The Kier molecular flexibility index (Phi) is 21.1. The minimum Gasteiger partial charge on any atom is -0.432 e. The second kappa shape index (κ2) is 27.0. The van der Waals surface area contributed by atoms with Crippen LogP contribution in [0.25, 0.3) is 0 Å². The Balaban J connectivity index is 0.890. The molecule has 10 aliphatic rings. The molecule has 6 heterocycles. The van der Waals surface area contributed by atoms with Crippen LogP contribution in [0.2, 0.25) is 0 Å². The lowest BCUT2D eigenvalue weighted by Crippen LogP contribution is -2.68. The van der Waals surface area contributed by atoms with Crippen LogP contribution in [0.5, 0.6) is 0 Å². The van der Waals surface area contributed by atoms with Crippen LogP contribution in [0.15, 0.2) is 12.2 Å². The van der Waals surface area contributed by atoms with Crippen molar-refractivity contribution in [3.05, 3.63) is 12.2 Å². The predicted octanol–water partition coefficient (Wildman–Crippen LogP) is -8.44. The molecule has 4 saturated carbocycles. The molecule has 6 saturated heterocycles. The highest BCUT2D eigenvalue weighted by Gasteiger charge is 2.70. The molecular formula is C56H90O32. The van der Waals surface area contributed by atoms with Gasteiger partial charge in [0.25, 0.3) is 0 Å². The van der Waals surface area contributed by atoms with Gasteiger partial charge in [-0.25, -0.2) is 0 Å². The minimum absolute atomic E-state index is 0.0786. The Labute approximate surface area is 505 Å². The van der Waals surface area contributed by atoms with E-state index in [-0.39, 0.29) is 24.7 Å². The largest absolute Gasteiger partial charge is 0.432 e. The Hall–Kier alpha value is -1.99. The van der Waals surface area contributed by atoms with Crippen LogP contribution in [0.4, 0.5) is 0 Å². The topological polar surface area (TPSA) is 512 Å². The SMILES string of the molecule is C=C1C[C@@]23CCC4[C@](C)(C(=O)OC5OC(CO)C(O)CC5OC5OC(CO)C(O)C(O)C5O)CCC[C@@]4(C)[C@@H]2CC[C@]1(OC1OC(CO)C(O)C(OC2OC(COC4OC(CO)C(O)C(O)C4O)C(O)C(O)C2O)C1OC1OC(CO)C(O)C(O)C1O)C3. The summed E-state index contributed by atoms with van der Waals surface area (Å²) in [7, 11) is 0. The third kappa shape index (κ3) is 12.3. The number of rotatable bonds is 18. The van der Waals surface area contributed by atoms with Crippen LogP contribution in [0.1, 0.15) is 78.1 Å². The van der Waals surface area contributed by atoms with Crippen molar-refractivity contribution in [2.24, 2.45) is 28.1 Å². The molecule has 0 radical (unpaired) electrons. The first kappa shape index (κ1) is 68.9. The molecule has 10 rings (SSSR count). The normalized spacial score (nSPS) is 54.1. The Morgan fingerprint density at radius 1 is 0.489 bits per heavy atom. The van der Waals surface area contributed by atoms with E-state index in [1.54, 1.807) is 0 Å².